The molecule has 0 spiro atoms. The molecule has 0 atom stereocenters. The first kappa shape index (κ1) is 9.27. The number of oxime groups is 1. The first-order chi connectivity index (χ1) is 6.38. The lowest BCUT2D eigenvalue weighted by Crippen LogP contribution is -1.88. The molecular formula is C10H10N2O. The van der Waals surface area contributed by atoms with E-state index in [1.807, 2.05) is 25.1 Å². The Bertz CT molecular complexity index is 339. The summed E-state index contributed by atoms with van der Waals surface area (Å²) in [6.45, 7) is 2.39. The summed E-state index contributed by atoms with van der Waals surface area (Å²) in [4.78, 5) is 4.80. The van der Waals surface area contributed by atoms with Gasteiger partial charge in [-0.1, -0.05) is 23.4 Å². The molecule has 0 fully saturated rings. The van der Waals surface area contributed by atoms with E-state index in [2.05, 4.69) is 11.2 Å². The molecule has 1 rings (SSSR count). The number of nitriles is 1. The quantitative estimate of drug-likeness (QED) is 0.519. The highest BCUT2D eigenvalue weighted by molar-refractivity contribution is 5.82. The lowest BCUT2D eigenvalue weighted by atomic mass is 10.1. The van der Waals surface area contributed by atoms with Crippen molar-refractivity contribution >= 4 is 6.21 Å². The Morgan fingerprint density at radius 1 is 1.54 bits per heavy atom. The number of hydrogen-bond donors (Lipinski definition) is 0. The number of rotatable bonds is 3. The Morgan fingerprint density at radius 2 is 2.31 bits per heavy atom. The second-order valence-corrected chi connectivity index (χ2v) is 2.35. The average molecular weight is 174 g/mol. The van der Waals surface area contributed by atoms with Gasteiger partial charge < -0.3 is 4.84 Å². The van der Waals surface area contributed by atoms with Gasteiger partial charge in [-0.3, -0.25) is 0 Å². The summed E-state index contributed by atoms with van der Waals surface area (Å²) in [6, 6.07) is 9.31. The standard InChI is InChI=1S/C10H10N2O/c1-2-13-12-8-10-6-4-3-5-9(10)7-11/h3-6,8H,2H2,1H3. The third kappa shape index (κ3) is 2.60. The molecule has 1 aromatic carbocycles. The fourth-order valence-corrected chi connectivity index (χ4v) is 0.880. The van der Waals surface area contributed by atoms with Crippen LogP contribution in [0.25, 0.3) is 0 Å². The minimum absolute atomic E-state index is 0.533. The highest BCUT2D eigenvalue weighted by Gasteiger charge is 1.95. The van der Waals surface area contributed by atoms with Crippen molar-refractivity contribution in [3.8, 4) is 6.07 Å². The average Bonchev–Trinajstić information content (AvgIpc) is 2.19. The normalized spacial score (nSPS) is 9.85. The summed E-state index contributed by atoms with van der Waals surface area (Å²) in [5.41, 5.74) is 1.38. The summed E-state index contributed by atoms with van der Waals surface area (Å²) < 4.78 is 0. The van der Waals surface area contributed by atoms with E-state index in [4.69, 9.17) is 10.1 Å². The number of hydrogen-bond acceptors (Lipinski definition) is 3. The summed E-state index contributed by atoms with van der Waals surface area (Å²) in [5.74, 6) is 0. The molecule has 0 aliphatic heterocycles. The Balaban J connectivity index is 2.82. The molecule has 0 aliphatic rings. The van der Waals surface area contributed by atoms with Gasteiger partial charge in [0.05, 0.1) is 17.8 Å². The van der Waals surface area contributed by atoms with Gasteiger partial charge in [0.1, 0.15) is 6.61 Å². The van der Waals surface area contributed by atoms with E-state index < -0.39 is 0 Å². The van der Waals surface area contributed by atoms with Gasteiger partial charge in [0.15, 0.2) is 0 Å². The van der Waals surface area contributed by atoms with Crippen LogP contribution < -0.4 is 0 Å². The highest BCUT2D eigenvalue weighted by Crippen LogP contribution is 2.03. The summed E-state index contributed by atoms with van der Waals surface area (Å²) in [5, 5.41) is 12.4. The van der Waals surface area contributed by atoms with E-state index in [0.29, 0.717) is 12.2 Å². The van der Waals surface area contributed by atoms with Crippen LogP contribution in [0, 0.1) is 11.3 Å². The Morgan fingerprint density at radius 3 is 3.00 bits per heavy atom. The van der Waals surface area contributed by atoms with E-state index in [1.165, 1.54) is 0 Å². The molecule has 1 aromatic rings. The first-order valence-electron chi connectivity index (χ1n) is 4.03. The summed E-state index contributed by atoms with van der Waals surface area (Å²) >= 11 is 0. The molecule has 0 N–H and O–H groups in total. The third-order valence-corrected chi connectivity index (χ3v) is 1.48. The maximum absolute atomic E-state index is 8.72. The van der Waals surface area contributed by atoms with Gasteiger partial charge in [0, 0.05) is 5.56 Å². The molecule has 13 heavy (non-hydrogen) atoms. The van der Waals surface area contributed by atoms with Gasteiger partial charge >= 0.3 is 0 Å². The van der Waals surface area contributed by atoms with Gasteiger partial charge in [-0.15, -0.1) is 0 Å². The molecule has 0 aromatic heterocycles. The second-order valence-electron chi connectivity index (χ2n) is 2.35. The van der Waals surface area contributed by atoms with Crippen LogP contribution in [0.1, 0.15) is 18.1 Å². The monoisotopic (exact) mass is 174 g/mol. The van der Waals surface area contributed by atoms with Gasteiger partial charge in [-0.25, -0.2) is 0 Å². The van der Waals surface area contributed by atoms with Crippen molar-refractivity contribution in [1.29, 1.82) is 5.26 Å². The van der Waals surface area contributed by atoms with Crippen molar-refractivity contribution in [2.45, 2.75) is 6.92 Å². The van der Waals surface area contributed by atoms with E-state index in [-0.39, 0.29) is 0 Å². The smallest absolute Gasteiger partial charge is 0.114 e. The lowest BCUT2D eigenvalue weighted by Gasteiger charge is -1.95. The molecule has 0 saturated carbocycles. The minimum Gasteiger partial charge on any atom is -0.396 e. The molecular weight excluding hydrogens is 164 g/mol. The van der Waals surface area contributed by atoms with Crippen LogP contribution >= 0.6 is 0 Å². The molecule has 3 heteroatoms. The maximum atomic E-state index is 8.72. The number of benzene rings is 1. The van der Waals surface area contributed by atoms with Crippen molar-refractivity contribution < 1.29 is 4.84 Å². The van der Waals surface area contributed by atoms with E-state index in [0.717, 1.165) is 5.56 Å². The van der Waals surface area contributed by atoms with Crippen LogP contribution in [0.3, 0.4) is 0 Å². The van der Waals surface area contributed by atoms with Crippen LogP contribution in [0.5, 0.6) is 0 Å². The van der Waals surface area contributed by atoms with Gasteiger partial charge in [0.2, 0.25) is 0 Å². The highest BCUT2D eigenvalue weighted by atomic mass is 16.6. The van der Waals surface area contributed by atoms with Crippen LogP contribution in [-0.2, 0) is 4.84 Å². The summed E-state index contributed by atoms with van der Waals surface area (Å²) in [7, 11) is 0. The minimum atomic E-state index is 0.533. The predicted octanol–water partition coefficient (Wildman–Crippen LogP) is 1.93. The van der Waals surface area contributed by atoms with Gasteiger partial charge in [-0.05, 0) is 13.0 Å². The van der Waals surface area contributed by atoms with Crippen LogP contribution in [0.4, 0.5) is 0 Å². The Labute approximate surface area is 77.2 Å². The third-order valence-electron chi connectivity index (χ3n) is 1.48. The molecule has 0 unspecified atom stereocenters. The zero-order valence-corrected chi connectivity index (χ0v) is 7.40. The fourth-order valence-electron chi connectivity index (χ4n) is 0.880. The van der Waals surface area contributed by atoms with Gasteiger partial charge in [-0.2, -0.15) is 5.26 Å². The van der Waals surface area contributed by atoms with Crippen molar-refractivity contribution in [2.24, 2.45) is 5.16 Å². The van der Waals surface area contributed by atoms with Crippen molar-refractivity contribution in [3.05, 3.63) is 35.4 Å². The Kier molecular flexibility index (Phi) is 3.52. The predicted molar refractivity (Wildman–Crippen MR) is 50.4 cm³/mol. The molecule has 3 nitrogen and oxygen atoms in total. The number of nitrogens with zero attached hydrogens (tertiary/aromatic N) is 2. The maximum Gasteiger partial charge on any atom is 0.114 e. The molecule has 0 heterocycles. The van der Waals surface area contributed by atoms with E-state index in [9.17, 15) is 0 Å². The molecule has 66 valence electrons. The van der Waals surface area contributed by atoms with Crippen LogP contribution in [0.15, 0.2) is 29.4 Å². The van der Waals surface area contributed by atoms with Crippen molar-refractivity contribution in [3.63, 3.8) is 0 Å². The molecule has 0 radical (unpaired) electrons. The lowest BCUT2D eigenvalue weighted by molar-refractivity contribution is 0.160. The first-order valence-corrected chi connectivity index (χ1v) is 4.03. The van der Waals surface area contributed by atoms with E-state index >= 15 is 0 Å². The second kappa shape index (κ2) is 4.94. The Hall–Kier alpha value is -1.82. The topological polar surface area (TPSA) is 45.4 Å². The van der Waals surface area contributed by atoms with E-state index in [1.54, 1.807) is 12.3 Å². The SMILES string of the molecule is CCON=Cc1ccccc1C#N. The molecule has 0 saturated heterocycles. The fraction of sp³-hybridized carbons (Fsp3) is 0.200. The zero-order valence-electron chi connectivity index (χ0n) is 7.40. The van der Waals surface area contributed by atoms with Crippen LogP contribution in [-0.4, -0.2) is 12.8 Å². The van der Waals surface area contributed by atoms with Crippen molar-refractivity contribution in [2.75, 3.05) is 6.61 Å². The molecule has 0 aliphatic carbocycles. The largest absolute Gasteiger partial charge is 0.396 e. The van der Waals surface area contributed by atoms with Crippen molar-refractivity contribution in [1.82, 2.24) is 0 Å². The van der Waals surface area contributed by atoms with Gasteiger partial charge in [0.25, 0.3) is 0 Å². The molecule has 0 bridgehead atoms. The summed E-state index contributed by atoms with van der Waals surface area (Å²) in [6.07, 6.45) is 1.54. The zero-order chi connectivity index (χ0) is 9.52. The molecule has 0 amide bonds. The van der Waals surface area contributed by atoms with Crippen LogP contribution in [0.2, 0.25) is 0 Å².